The third-order valence-electron chi connectivity index (χ3n) is 3.68. The van der Waals surface area contributed by atoms with E-state index in [2.05, 4.69) is 54.6 Å². The summed E-state index contributed by atoms with van der Waals surface area (Å²) >= 11 is 0. The molecule has 0 saturated heterocycles. The Morgan fingerprint density at radius 3 is 2.47 bits per heavy atom. The van der Waals surface area contributed by atoms with Gasteiger partial charge in [0.1, 0.15) is 5.82 Å². The second-order valence-corrected chi connectivity index (χ2v) is 5.73. The molecule has 1 saturated carbocycles. The van der Waals surface area contributed by atoms with Gasteiger partial charge in [0.15, 0.2) is 0 Å². The molecule has 0 unspecified atom stereocenters. The summed E-state index contributed by atoms with van der Waals surface area (Å²) in [5.74, 6) is 1.57. The average molecular weight is 255 g/mol. The Kier molecular flexibility index (Phi) is 3.05. The van der Waals surface area contributed by atoms with Crippen molar-refractivity contribution in [3.05, 3.63) is 35.9 Å². The molecule has 3 nitrogen and oxygen atoms in total. The van der Waals surface area contributed by atoms with Gasteiger partial charge in [0.2, 0.25) is 0 Å². The molecule has 1 fully saturated rings. The van der Waals surface area contributed by atoms with E-state index < -0.39 is 0 Å². The third-order valence-corrected chi connectivity index (χ3v) is 3.68. The van der Waals surface area contributed by atoms with Gasteiger partial charge in [0.05, 0.1) is 5.69 Å². The number of nitrogens with zero attached hydrogens (tertiary/aromatic N) is 2. The lowest BCUT2D eigenvalue weighted by molar-refractivity contribution is 0.776. The van der Waals surface area contributed by atoms with Gasteiger partial charge < -0.3 is 5.32 Å². The van der Waals surface area contributed by atoms with Gasteiger partial charge >= 0.3 is 0 Å². The van der Waals surface area contributed by atoms with Crippen molar-refractivity contribution in [3.63, 3.8) is 0 Å². The van der Waals surface area contributed by atoms with Gasteiger partial charge in [-0.1, -0.05) is 38.1 Å². The van der Waals surface area contributed by atoms with Crippen LogP contribution in [-0.2, 0) is 7.05 Å². The van der Waals surface area contributed by atoms with E-state index in [1.165, 1.54) is 29.7 Å². The van der Waals surface area contributed by atoms with Gasteiger partial charge in [-0.05, 0) is 29.9 Å². The molecular formula is C16H21N3. The zero-order chi connectivity index (χ0) is 13.4. The molecule has 1 heterocycles. The van der Waals surface area contributed by atoms with Crippen LogP contribution < -0.4 is 5.32 Å². The molecular weight excluding hydrogens is 234 g/mol. The molecule has 1 aliphatic rings. The third kappa shape index (κ3) is 2.65. The normalized spacial score (nSPS) is 14.9. The van der Waals surface area contributed by atoms with E-state index in [0.29, 0.717) is 12.0 Å². The van der Waals surface area contributed by atoms with Crippen LogP contribution in [0.25, 0.3) is 11.3 Å². The zero-order valence-electron chi connectivity index (χ0n) is 11.9. The summed E-state index contributed by atoms with van der Waals surface area (Å²) in [6.07, 6.45) is 2.55. The predicted octanol–water partition coefficient (Wildman–Crippen LogP) is 3.78. The molecule has 19 heavy (non-hydrogen) atoms. The number of rotatable bonds is 4. The second-order valence-electron chi connectivity index (χ2n) is 5.73. The molecule has 0 atom stereocenters. The molecule has 0 spiro atoms. The number of nitrogens with one attached hydrogen (secondary N) is 1. The van der Waals surface area contributed by atoms with Crippen LogP contribution in [0.1, 0.15) is 38.2 Å². The highest BCUT2D eigenvalue weighted by Gasteiger charge is 2.22. The second kappa shape index (κ2) is 4.72. The van der Waals surface area contributed by atoms with Crippen LogP contribution in [0.2, 0.25) is 0 Å². The van der Waals surface area contributed by atoms with Crippen molar-refractivity contribution >= 4 is 5.82 Å². The maximum Gasteiger partial charge on any atom is 0.148 e. The number of aromatic nitrogens is 2. The summed E-state index contributed by atoms with van der Waals surface area (Å²) in [6.45, 7) is 4.44. The fourth-order valence-electron chi connectivity index (χ4n) is 2.28. The first-order chi connectivity index (χ1) is 9.13. The maximum atomic E-state index is 4.53. The number of hydrogen-bond acceptors (Lipinski definition) is 2. The average Bonchev–Trinajstić information content (AvgIpc) is 3.12. The van der Waals surface area contributed by atoms with E-state index in [0.717, 1.165) is 5.82 Å². The fraction of sp³-hybridized carbons (Fsp3) is 0.438. The van der Waals surface area contributed by atoms with Crippen LogP contribution in [0.5, 0.6) is 0 Å². The summed E-state index contributed by atoms with van der Waals surface area (Å²) in [7, 11) is 2.00. The minimum Gasteiger partial charge on any atom is -0.366 e. The summed E-state index contributed by atoms with van der Waals surface area (Å²) in [4.78, 5) is 0. The van der Waals surface area contributed by atoms with Crippen LogP contribution in [0.15, 0.2) is 30.3 Å². The predicted molar refractivity (Wildman–Crippen MR) is 79.4 cm³/mol. The lowest BCUT2D eigenvalue weighted by Gasteiger charge is -2.06. The van der Waals surface area contributed by atoms with E-state index in [-0.39, 0.29) is 0 Å². The standard InChI is InChI=1S/C16H21N3/c1-11(2)12-4-6-13(7-5-12)15-10-16(18-19(15)3)17-14-8-9-14/h4-7,10-11,14H,8-9H2,1-3H3,(H,17,18). The molecule has 1 N–H and O–H groups in total. The molecule has 0 amide bonds. The van der Waals surface area contributed by atoms with Crippen molar-refractivity contribution in [2.75, 3.05) is 5.32 Å². The lowest BCUT2D eigenvalue weighted by Crippen LogP contribution is -2.01. The summed E-state index contributed by atoms with van der Waals surface area (Å²) in [5, 5.41) is 7.97. The zero-order valence-corrected chi connectivity index (χ0v) is 11.9. The molecule has 3 rings (SSSR count). The first-order valence-corrected chi connectivity index (χ1v) is 7.04. The number of hydrogen-bond donors (Lipinski definition) is 1. The summed E-state index contributed by atoms with van der Waals surface area (Å²) in [6, 6.07) is 11.6. The molecule has 1 aliphatic carbocycles. The van der Waals surface area contributed by atoms with Gasteiger partial charge in [-0.2, -0.15) is 5.10 Å². The first-order valence-electron chi connectivity index (χ1n) is 7.04. The summed E-state index contributed by atoms with van der Waals surface area (Å²) in [5.41, 5.74) is 3.77. The van der Waals surface area contributed by atoms with Gasteiger partial charge in [0, 0.05) is 19.2 Å². The van der Waals surface area contributed by atoms with Crippen molar-refractivity contribution in [1.82, 2.24) is 9.78 Å². The summed E-state index contributed by atoms with van der Waals surface area (Å²) < 4.78 is 1.95. The Hall–Kier alpha value is -1.77. The molecule has 2 aromatic rings. The maximum absolute atomic E-state index is 4.53. The van der Waals surface area contributed by atoms with Crippen molar-refractivity contribution < 1.29 is 0 Å². The highest BCUT2D eigenvalue weighted by Crippen LogP contribution is 2.28. The Morgan fingerprint density at radius 2 is 1.89 bits per heavy atom. The van der Waals surface area contributed by atoms with Gasteiger partial charge in [0.25, 0.3) is 0 Å². The van der Waals surface area contributed by atoms with Crippen molar-refractivity contribution in [2.45, 2.75) is 38.6 Å². The van der Waals surface area contributed by atoms with E-state index in [4.69, 9.17) is 0 Å². The highest BCUT2D eigenvalue weighted by atomic mass is 15.3. The van der Waals surface area contributed by atoms with Crippen molar-refractivity contribution in [1.29, 1.82) is 0 Å². The molecule has 1 aromatic heterocycles. The van der Waals surface area contributed by atoms with E-state index in [9.17, 15) is 0 Å². The number of anilines is 1. The Labute approximate surface area is 114 Å². The van der Waals surface area contributed by atoms with Crippen LogP contribution in [0.4, 0.5) is 5.82 Å². The van der Waals surface area contributed by atoms with E-state index >= 15 is 0 Å². The van der Waals surface area contributed by atoms with E-state index in [1.54, 1.807) is 0 Å². The van der Waals surface area contributed by atoms with Crippen molar-refractivity contribution in [2.24, 2.45) is 7.05 Å². The van der Waals surface area contributed by atoms with Crippen molar-refractivity contribution in [3.8, 4) is 11.3 Å². The molecule has 1 aromatic carbocycles. The lowest BCUT2D eigenvalue weighted by atomic mass is 10.0. The first kappa shape index (κ1) is 12.3. The van der Waals surface area contributed by atoms with Gasteiger partial charge in [-0.3, -0.25) is 4.68 Å². The largest absolute Gasteiger partial charge is 0.366 e. The van der Waals surface area contributed by atoms with Crippen LogP contribution in [0.3, 0.4) is 0 Å². The molecule has 100 valence electrons. The molecule has 3 heteroatoms. The Bertz CT molecular complexity index is 562. The molecule has 0 aliphatic heterocycles. The topological polar surface area (TPSA) is 29.9 Å². The van der Waals surface area contributed by atoms with Crippen LogP contribution in [0, 0.1) is 0 Å². The van der Waals surface area contributed by atoms with Crippen LogP contribution in [-0.4, -0.2) is 15.8 Å². The Morgan fingerprint density at radius 1 is 1.21 bits per heavy atom. The SMILES string of the molecule is CC(C)c1ccc(-c2cc(NC3CC3)nn2C)cc1. The fourth-order valence-corrected chi connectivity index (χ4v) is 2.28. The molecule has 0 radical (unpaired) electrons. The van der Waals surface area contributed by atoms with Gasteiger partial charge in [-0.15, -0.1) is 0 Å². The minimum absolute atomic E-state index is 0.577. The Balaban J connectivity index is 1.85. The monoisotopic (exact) mass is 255 g/mol. The quantitative estimate of drug-likeness (QED) is 0.901. The van der Waals surface area contributed by atoms with Gasteiger partial charge in [-0.25, -0.2) is 0 Å². The number of benzene rings is 1. The van der Waals surface area contributed by atoms with Crippen LogP contribution >= 0.6 is 0 Å². The smallest absolute Gasteiger partial charge is 0.148 e. The number of aryl methyl sites for hydroxylation is 1. The highest BCUT2D eigenvalue weighted by molar-refractivity contribution is 5.64. The van der Waals surface area contributed by atoms with E-state index in [1.807, 2.05) is 11.7 Å². The minimum atomic E-state index is 0.577. The molecule has 0 bridgehead atoms.